The number of nitrogen functional groups attached to an aromatic ring is 1. The van der Waals surface area contributed by atoms with Crippen molar-refractivity contribution in [2.24, 2.45) is 17.8 Å². The number of hydrogen-bond acceptors (Lipinski definition) is 2. The van der Waals surface area contributed by atoms with Crippen molar-refractivity contribution < 1.29 is 4.74 Å². The van der Waals surface area contributed by atoms with Gasteiger partial charge in [-0.25, -0.2) is 0 Å². The van der Waals surface area contributed by atoms with Crippen molar-refractivity contribution >= 4 is 5.69 Å². The lowest BCUT2D eigenvalue weighted by atomic mass is 9.89. The summed E-state index contributed by atoms with van der Waals surface area (Å²) in [5.41, 5.74) is 7.79. The number of ether oxygens (including phenoxy) is 1. The van der Waals surface area contributed by atoms with Crippen LogP contribution in [0.5, 0.6) is 5.75 Å². The zero-order valence-corrected chi connectivity index (χ0v) is 10.5. The Hall–Kier alpha value is -1.18. The molecule has 2 saturated carbocycles. The topological polar surface area (TPSA) is 35.2 Å². The van der Waals surface area contributed by atoms with Crippen molar-refractivity contribution in [1.82, 2.24) is 0 Å². The number of anilines is 1. The van der Waals surface area contributed by atoms with Crippen LogP contribution in [0.2, 0.25) is 0 Å². The first-order valence-corrected chi connectivity index (χ1v) is 6.72. The van der Waals surface area contributed by atoms with Gasteiger partial charge in [0.15, 0.2) is 0 Å². The number of rotatable bonds is 3. The molecule has 2 N–H and O–H groups in total. The van der Waals surface area contributed by atoms with Crippen molar-refractivity contribution in [2.75, 3.05) is 12.3 Å². The second kappa shape index (κ2) is 4.25. The fourth-order valence-corrected chi connectivity index (χ4v) is 3.57. The molecule has 2 aliphatic rings. The van der Waals surface area contributed by atoms with E-state index in [1.165, 1.54) is 25.7 Å². The maximum absolute atomic E-state index is 5.97. The fraction of sp³-hybridized carbons (Fsp3) is 0.600. The van der Waals surface area contributed by atoms with Crippen LogP contribution in [0, 0.1) is 24.7 Å². The molecular weight excluding hydrogens is 210 g/mol. The molecule has 2 nitrogen and oxygen atoms in total. The molecule has 1 aromatic rings. The molecule has 17 heavy (non-hydrogen) atoms. The SMILES string of the molecule is Cc1c(N)cccc1OCC1CC2CCC1C2. The van der Waals surface area contributed by atoms with Crippen LogP contribution in [0.3, 0.4) is 0 Å². The number of benzene rings is 1. The first kappa shape index (κ1) is 10.9. The molecule has 2 bridgehead atoms. The average Bonchev–Trinajstić information content (AvgIpc) is 2.93. The van der Waals surface area contributed by atoms with Gasteiger partial charge in [0.05, 0.1) is 6.61 Å². The summed E-state index contributed by atoms with van der Waals surface area (Å²) in [6.07, 6.45) is 5.71. The molecule has 0 amide bonds. The second-order valence-corrected chi connectivity index (χ2v) is 5.72. The summed E-state index contributed by atoms with van der Waals surface area (Å²) >= 11 is 0. The predicted octanol–water partition coefficient (Wildman–Crippen LogP) is 3.39. The van der Waals surface area contributed by atoms with Crippen molar-refractivity contribution in [3.8, 4) is 5.75 Å². The van der Waals surface area contributed by atoms with Crippen molar-refractivity contribution in [3.05, 3.63) is 23.8 Å². The van der Waals surface area contributed by atoms with Gasteiger partial charge in [-0.1, -0.05) is 12.5 Å². The van der Waals surface area contributed by atoms with E-state index < -0.39 is 0 Å². The van der Waals surface area contributed by atoms with E-state index >= 15 is 0 Å². The number of hydrogen-bond donors (Lipinski definition) is 1. The number of fused-ring (bicyclic) bond motifs is 2. The Morgan fingerprint density at radius 1 is 1.29 bits per heavy atom. The molecule has 0 aromatic heterocycles. The minimum Gasteiger partial charge on any atom is -0.493 e. The van der Waals surface area contributed by atoms with Gasteiger partial charge >= 0.3 is 0 Å². The lowest BCUT2D eigenvalue weighted by molar-refractivity contribution is 0.194. The van der Waals surface area contributed by atoms with Gasteiger partial charge in [-0.2, -0.15) is 0 Å². The molecule has 0 heterocycles. The Bertz CT molecular complexity index is 415. The van der Waals surface area contributed by atoms with E-state index in [2.05, 4.69) is 0 Å². The van der Waals surface area contributed by atoms with E-state index in [1.54, 1.807) is 0 Å². The molecule has 0 radical (unpaired) electrons. The molecule has 3 atom stereocenters. The van der Waals surface area contributed by atoms with E-state index in [9.17, 15) is 0 Å². The van der Waals surface area contributed by atoms with Crippen molar-refractivity contribution in [1.29, 1.82) is 0 Å². The van der Waals surface area contributed by atoms with Crippen LogP contribution in [0.1, 0.15) is 31.2 Å². The van der Waals surface area contributed by atoms with E-state index in [0.717, 1.165) is 41.4 Å². The van der Waals surface area contributed by atoms with Crippen LogP contribution in [-0.2, 0) is 0 Å². The van der Waals surface area contributed by atoms with Crippen molar-refractivity contribution in [3.63, 3.8) is 0 Å². The Balaban J connectivity index is 1.62. The normalized spacial score (nSPS) is 30.8. The van der Waals surface area contributed by atoms with Gasteiger partial charge in [0.2, 0.25) is 0 Å². The maximum Gasteiger partial charge on any atom is 0.124 e. The molecule has 3 unspecified atom stereocenters. The van der Waals surface area contributed by atoms with Gasteiger partial charge < -0.3 is 10.5 Å². The summed E-state index contributed by atoms with van der Waals surface area (Å²) in [5, 5.41) is 0. The van der Waals surface area contributed by atoms with Crippen LogP contribution in [0.4, 0.5) is 5.69 Å². The highest BCUT2D eigenvalue weighted by Crippen LogP contribution is 2.48. The highest BCUT2D eigenvalue weighted by Gasteiger charge is 2.39. The summed E-state index contributed by atoms with van der Waals surface area (Å²) in [7, 11) is 0. The number of nitrogens with two attached hydrogens (primary N) is 1. The van der Waals surface area contributed by atoms with Crippen LogP contribution in [0.25, 0.3) is 0 Å². The third kappa shape index (κ3) is 2.01. The Morgan fingerprint density at radius 3 is 2.88 bits per heavy atom. The third-order valence-electron chi connectivity index (χ3n) is 4.66. The zero-order chi connectivity index (χ0) is 11.8. The third-order valence-corrected chi connectivity index (χ3v) is 4.66. The van der Waals surface area contributed by atoms with Crippen LogP contribution < -0.4 is 10.5 Å². The summed E-state index contributed by atoms with van der Waals surface area (Å²) in [5.74, 6) is 3.68. The molecule has 2 fully saturated rings. The summed E-state index contributed by atoms with van der Waals surface area (Å²) in [6, 6.07) is 5.93. The van der Waals surface area contributed by atoms with Gasteiger partial charge in [-0.15, -0.1) is 0 Å². The van der Waals surface area contributed by atoms with Crippen LogP contribution >= 0.6 is 0 Å². The molecule has 1 aromatic carbocycles. The standard InChI is InChI=1S/C15H21NO/c1-10-14(16)3-2-4-15(10)17-9-13-8-11-5-6-12(13)7-11/h2-4,11-13H,5-9,16H2,1H3. The van der Waals surface area contributed by atoms with E-state index in [-0.39, 0.29) is 0 Å². The van der Waals surface area contributed by atoms with Gasteiger partial charge in [-0.3, -0.25) is 0 Å². The summed E-state index contributed by atoms with van der Waals surface area (Å²) in [4.78, 5) is 0. The summed E-state index contributed by atoms with van der Waals surface area (Å²) in [6.45, 7) is 2.91. The molecule has 92 valence electrons. The Morgan fingerprint density at radius 2 is 2.18 bits per heavy atom. The van der Waals surface area contributed by atoms with Gasteiger partial charge in [-0.05, 0) is 56.1 Å². The quantitative estimate of drug-likeness (QED) is 0.809. The first-order chi connectivity index (χ1) is 8.24. The van der Waals surface area contributed by atoms with Gasteiger partial charge in [0.25, 0.3) is 0 Å². The Labute approximate surface area is 103 Å². The second-order valence-electron chi connectivity index (χ2n) is 5.72. The fourth-order valence-electron chi connectivity index (χ4n) is 3.57. The van der Waals surface area contributed by atoms with Crippen LogP contribution in [0.15, 0.2) is 18.2 Å². The minimum absolute atomic E-state index is 0.787. The highest BCUT2D eigenvalue weighted by molar-refractivity contribution is 5.53. The molecule has 3 rings (SSSR count). The van der Waals surface area contributed by atoms with E-state index in [0.29, 0.717) is 0 Å². The average molecular weight is 231 g/mol. The van der Waals surface area contributed by atoms with Gasteiger partial charge in [0.1, 0.15) is 5.75 Å². The predicted molar refractivity (Wildman–Crippen MR) is 70.0 cm³/mol. The molecule has 2 aliphatic carbocycles. The van der Waals surface area contributed by atoms with Crippen molar-refractivity contribution in [2.45, 2.75) is 32.6 Å². The lowest BCUT2D eigenvalue weighted by Crippen LogP contribution is -2.18. The maximum atomic E-state index is 5.97. The molecule has 2 heteroatoms. The van der Waals surface area contributed by atoms with Gasteiger partial charge in [0, 0.05) is 11.3 Å². The van der Waals surface area contributed by atoms with E-state index in [1.807, 2.05) is 25.1 Å². The highest BCUT2D eigenvalue weighted by atomic mass is 16.5. The zero-order valence-electron chi connectivity index (χ0n) is 10.5. The first-order valence-electron chi connectivity index (χ1n) is 6.72. The lowest BCUT2D eigenvalue weighted by Gasteiger charge is -2.22. The molecule has 0 saturated heterocycles. The summed E-state index contributed by atoms with van der Waals surface area (Å²) < 4.78 is 5.97. The van der Waals surface area contributed by atoms with Crippen LogP contribution in [-0.4, -0.2) is 6.61 Å². The minimum atomic E-state index is 0.787. The molecule has 0 spiro atoms. The molecular formula is C15H21NO. The Kier molecular flexibility index (Phi) is 2.73. The smallest absolute Gasteiger partial charge is 0.124 e. The largest absolute Gasteiger partial charge is 0.493 e. The monoisotopic (exact) mass is 231 g/mol. The molecule has 0 aliphatic heterocycles. The van der Waals surface area contributed by atoms with E-state index in [4.69, 9.17) is 10.5 Å².